The number of ether oxygens (including phenoxy) is 3. The molecule has 1 unspecified atom stereocenters. The zero-order valence-electron chi connectivity index (χ0n) is 54.9. The fourth-order valence-corrected chi connectivity index (χ4v) is 10.3. The van der Waals surface area contributed by atoms with Crippen molar-refractivity contribution < 1.29 is 28.6 Å². The van der Waals surface area contributed by atoms with E-state index in [1.165, 1.54) is 199 Å². The van der Waals surface area contributed by atoms with Gasteiger partial charge in [-0.25, -0.2) is 0 Å². The number of rotatable bonds is 65. The van der Waals surface area contributed by atoms with Crippen LogP contribution in [-0.2, 0) is 28.6 Å². The fraction of sp³-hybridized carbons (Fsp3) is 0.753. The highest BCUT2D eigenvalue weighted by atomic mass is 16.6. The van der Waals surface area contributed by atoms with Crippen molar-refractivity contribution in [1.82, 2.24) is 0 Å². The number of carbonyl (C=O) groups is 3. The first-order valence-electron chi connectivity index (χ1n) is 35.7. The van der Waals surface area contributed by atoms with Crippen molar-refractivity contribution in [2.45, 2.75) is 361 Å². The van der Waals surface area contributed by atoms with E-state index in [1.807, 2.05) is 0 Å². The maximum absolute atomic E-state index is 12.9. The van der Waals surface area contributed by atoms with Gasteiger partial charge in [0, 0.05) is 19.3 Å². The molecule has 0 aliphatic rings. The first-order valence-corrected chi connectivity index (χ1v) is 35.7. The molecular weight excluding hydrogens is 1020 g/mol. The van der Waals surface area contributed by atoms with E-state index in [0.717, 1.165) is 116 Å². The Bertz CT molecular complexity index is 1610. The molecule has 0 amide bonds. The SMILES string of the molecule is CC/C=C\C/C=C\C/C=C\C/C=C\C/C=C\C/C=C\C/C=C\C/C=C\CCCCCCCCCCC(=O)OCC(COC(=O)CCCCCCCCCCC)OC(=O)CCCCCCCCCCCCCCCCCCCCCCCCC. The Balaban J connectivity index is 4.17. The van der Waals surface area contributed by atoms with Crippen molar-refractivity contribution in [2.75, 3.05) is 13.2 Å². The number of hydrogen-bond donors (Lipinski definition) is 0. The number of allylic oxidation sites excluding steroid dienone is 16. The molecule has 1 atom stereocenters. The molecule has 0 saturated carbocycles. The highest BCUT2D eigenvalue weighted by Gasteiger charge is 2.19. The predicted octanol–water partition coefficient (Wildman–Crippen LogP) is 24.8. The lowest BCUT2D eigenvalue weighted by Crippen LogP contribution is -2.30. The van der Waals surface area contributed by atoms with Crippen molar-refractivity contribution in [2.24, 2.45) is 0 Å². The molecule has 0 aliphatic heterocycles. The van der Waals surface area contributed by atoms with Crippen LogP contribution in [0.1, 0.15) is 355 Å². The third-order valence-corrected chi connectivity index (χ3v) is 15.6. The van der Waals surface area contributed by atoms with Crippen LogP contribution in [0.4, 0.5) is 0 Å². The van der Waals surface area contributed by atoms with Gasteiger partial charge in [0.2, 0.25) is 0 Å². The summed E-state index contributed by atoms with van der Waals surface area (Å²) in [5.74, 6) is -0.868. The van der Waals surface area contributed by atoms with Crippen LogP contribution >= 0.6 is 0 Å². The molecule has 83 heavy (non-hydrogen) atoms. The van der Waals surface area contributed by atoms with Crippen LogP contribution in [0.15, 0.2) is 97.2 Å². The topological polar surface area (TPSA) is 78.9 Å². The van der Waals surface area contributed by atoms with Crippen molar-refractivity contribution in [3.05, 3.63) is 97.2 Å². The van der Waals surface area contributed by atoms with Crippen molar-refractivity contribution in [1.29, 1.82) is 0 Å². The monoisotopic (exact) mass is 1160 g/mol. The van der Waals surface area contributed by atoms with Gasteiger partial charge in [0.1, 0.15) is 13.2 Å². The largest absolute Gasteiger partial charge is 0.462 e. The predicted molar refractivity (Wildman–Crippen MR) is 362 cm³/mol. The van der Waals surface area contributed by atoms with Crippen molar-refractivity contribution in [3.8, 4) is 0 Å². The summed E-state index contributed by atoms with van der Waals surface area (Å²) in [6.45, 7) is 6.55. The molecule has 0 saturated heterocycles. The van der Waals surface area contributed by atoms with Crippen molar-refractivity contribution in [3.63, 3.8) is 0 Å². The van der Waals surface area contributed by atoms with Gasteiger partial charge in [-0.1, -0.05) is 349 Å². The molecule has 0 spiro atoms. The van der Waals surface area contributed by atoms with E-state index in [1.54, 1.807) is 0 Å². The third-order valence-electron chi connectivity index (χ3n) is 15.6. The average Bonchev–Trinajstić information content (AvgIpc) is 3.49. The van der Waals surface area contributed by atoms with E-state index in [4.69, 9.17) is 14.2 Å². The minimum atomic E-state index is -0.778. The molecule has 0 aromatic rings. The van der Waals surface area contributed by atoms with Gasteiger partial charge in [0.25, 0.3) is 0 Å². The summed E-state index contributed by atoms with van der Waals surface area (Å²) in [6, 6.07) is 0. The van der Waals surface area contributed by atoms with Gasteiger partial charge >= 0.3 is 17.9 Å². The summed E-state index contributed by atoms with van der Waals surface area (Å²) in [5, 5.41) is 0. The summed E-state index contributed by atoms with van der Waals surface area (Å²) in [4.78, 5) is 38.3. The lowest BCUT2D eigenvalue weighted by molar-refractivity contribution is -0.167. The maximum atomic E-state index is 12.9. The van der Waals surface area contributed by atoms with Gasteiger partial charge in [0.05, 0.1) is 0 Å². The Morgan fingerprint density at radius 1 is 0.253 bits per heavy atom. The van der Waals surface area contributed by atoms with Crippen molar-refractivity contribution >= 4 is 17.9 Å². The highest BCUT2D eigenvalue weighted by molar-refractivity contribution is 5.71. The van der Waals surface area contributed by atoms with Crippen LogP contribution in [0.5, 0.6) is 0 Å². The van der Waals surface area contributed by atoms with Gasteiger partial charge in [-0.2, -0.15) is 0 Å². The van der Waals surface area contributed by atoms with E-state index >= 15 is 0 Å². The lowest BCUT2D eigenvalue weighted by atomic mass is 10.0. The molecule has 0 N–H and O–H groups in total. The van der Waals surface area contributed by atoms with Gasteiger partial charge < -0.3 is 14.2 Å². The van der Waals surface area contributed by atoms with E-state index in [9.17, 15) is 14.4 Å². The fourth-order valence-electron chi connectivity index (χ4n) is 10.3. The van der Waals surface area contributed by atoms with Gasteiger partial charge in [-0.3, -0.25) is 14.4 Å². The third kappa shape index (κ3) is 69.0. The van der Waals surface area contributed by atoms with Crippen LogP contribution in [-0.4, -0.2) is 37.2 Å². The Morgan fingerprint density at radius 2 is 0.470 bits per heavy atom. The quantitative estimate of drug-likeness (QED) is 0.0261. The van der Waals surface area contributed by atoms with Gasteiger partial charge in [-0.05, 0) is 83.5 Å². The zero-order chi connectivity index (χ0) is 59.9. The summed E-state index contributed by atoms with van der Waals surface area (Å²) in [5.41, 5.74) is 0. The maximum Gasteiger partial charge on any atom is 0.306 e. The summed E-state index contributed by atoms with van der Waals surface area (Å²) in [6.07, 6.45) is 95.9. The van der Waals surface area contributed by atoms with E-state index in [0.29, 0.717) is 19.3 Å². The molecule has 6 nitrogen and oxygen atoms in total. The molecule has 478 valence electrons. The highest BCUT2D eigenvalue weighted by Crippen LogP contribution is 2.18. The molecule has 0 radical (unpaired) electrons. The molecule has 0 aromatic heterocycles. The van der Waals surface area contributed by atoms with Crippen LogP contribution in [0.3, 0.4) is 0 Å². The first-order chi connectivity index (χ1) is 41.0. The second-order valence-corrected chi connectivity index (χ2v) is 23.8. The second kappa shape index (κ2) is 70.8. The Hall–Kier alpha value is -3.67. The van der Waals surface area contributed by atoms with Crippen LogP contribution in [0, 0.1) is 0 Å². The average molecular weight is 1160 g/mol. The molecule has 6 heteroatoms. The minimum absolute atomic E-state index is 0.0748. The molecule has 0 fully saturated rings. The lowest BCUT2D eigenvalue weighted by Gasteiger charge is -2.18. The smallest absolute Gasteiger partial charge is 0.306 e. The van der Waals surface area contributed by atoms with Crippen LogP contribution in [0.25, 0.3) is 0 Å². The summed E-state index contributed by atoms with van der Waals surface area (Å²) < 4.78 is 16.9. The Labute approximate surface area is 515 Å². The van der Waals surface area contributed by atoms with E-state index in [2.05, 4.69) is 118 Å². The Kier molecular flexibility index (Phi) is 67.7. The van der Waals surface area contributed by atoms with Crippen LogP contribution < -0.4 is 0 Å². The van der Waals surface area contributed by atoms with E-state index in [-0.39, 0.29) is 31.1 Å². The molecule has 0 aliphatic carbocycles. The molecule has 0 bridgehead atoms. The summed E-state index contributed by atoms with van der Waals surface area (Å²) >= 11 is 0. The molecule has 0 rings (SSSR count). The number of carbonyl (C=O) groups excluding carboxylic acids is 3. The number of esters is 3. The van der Waals surface area contributed by atoms with Gasteiger partial charge in [-0.15, -0.1) is 0 Å². The second-order valence-electron chi connectivity index (χ2n) is 23.8. The normalized spacial score (nSPS) is 12.7. The number of hydrogen-bond acceptors (Lipinski definition) is 6. The van der Waals surface area contributed by atoms with Gasteiger partial charge in [0.15, 0.2) is 6.10 Å². The first kappa shape index (κ1) is 79.3. The molecular formula is C77H134O6. The summed E-state index contributed by atoms with van der Waals surface area (Å²) in [7, 11) is 0. The molecule has 0 heterocycles. The molecule has 0 aromatic carbocycles. The minimum Gasteiger partial charge on any atom is -0.462 e. The number of unbranched alkanes of at least 4 members (excludes halogenated alkanes) is 38. The van der Waals surface area contributed by atoms with E-state index < -0.39 is 6.10 Å². The zero-order valence-corrected chi connectivity index (χ0v) is 54.9. The van der Waals surface area contributed by atoms with Crippen LogP contribution in [0.2, 0.25) is 0 Å². The Morgan fingerprint density at radius 3 is 0.735 bits per heavy atom. The standard InChI is InChI=1S/C77H134O6/c1-4-7-10-13-16-19-21-23-25-27-29-31-33-34-35-36-37-38-39-40-41-42-44-45-47-49-51-53-55-58-61-64-67-70-76(79)82-73-74(72-81-75(78)69-66-63-60-57-18-15-12-9-6-3)83-77(80)71-68-65-62-59-56-54-52-50-48-46-43-32-30-28-26-24-22-20-17-14-11-8-5-2/h7,10,16,19,23,25,29,31,34-35,37-38,40-41,44-45,74H,4-6,8-9,11-15,17-18,20-22,24,26-28,30,32-33,36,39,42-43,46-73H2,1-3H3/b10-7-,19-16-,25-23-,31-29-,35-34-,38-37-,41-40-,45-44-.